The number of hydrogen-bond donors (Lipinski definition) is 0. The molecule has 2 aliphatic rings. The van der Waals surface area contributed by atoms with Crippen LogP contribution < -0.4 is 4.90 Å². The Balaban J connectivity index is 1.04. The van der Waals surface area contributed by atoms with E-state index in [9.17, 15) is 0 Å². The van der Waals surface area contributed by atoms with Crippen LogP contribution in [0.3, 0.4) is 0 Å². The van der Waals surface area contributed by atoms with Gasteiger partial charge in [-0.25, -0.2) is 0 Å². The number of para-hydroxylation sites is 3. The van der Waals surface area contributed by atoms with Crippen molar-refractivity contribution >= 4 is 61.4 Å². The van der Waals surface area contributed by atoms with Crippen molar-refractivity contribution in [1.82, 2.24) is 4.57 Å². The predicted molar refractivity (Wildman–Crippen MR) is 285 cm³/mol. The van der Waals surface area contributed by atoms with Gasteiger partial charge in [0.05, 0.1) is 27.8 Å². The minimum atomic E-state index is -0.529. The van der Waals surface area contributed by atoms with Crippen LogP contribution in [-0.2, 0) is 5.41 Å². The molecule has 2 nitrogen and oxygen atoms in total. The Morgan fingerprint density at radius 1 is 0.353 bits per heavy atom. The van der Waals surface area contributed by atoms with Gasteiger partial charge in [-0.1, -0.05) is 218 Å². The third-order valence-electron chi connectivity index (χ3n) is 14.4. The summed E-state index contributed by atoms with van der Waals surface area (Å²) in [6, 6.07) is 94.4. The molecule has 1 spiro atoms. The van der Waals surface area contributed by atoms with Gasteiger partial charge in [0.15, 0.2) is 0 Å². The van der Waals surface area contributed by atoms with Crippen molar-refractivity contribution < 1.29 is 0 Å². The van der Waals surface area contributed by atoms with Gasteiger partial charge in [-0.05, 0) is 104 Å². The molecule has 11 aromatic carbocycles. The lowest BCUT2D eigenvalue weighted by Gasteiger charge is -2.46. The third-order valence-corrected chi connectivity index (χ3v) is 15.6. The second kappa shape index (κ2) is 15.4. The minimum Gasteiger partial charge on any atom is -0.310 e. The van der Waals surface area contributed by atoms with Crippen LogP contribution in [0.5, 0.6) is 0 Å². The van der Waals surface area contributed by atoms with Crippen LogP contribution in [0, 0.1) is 0 Å². The van der Waals surface area contributed by atoms with Crippen LogP contribution in [0.25, 0.3) is 71.6 Å². The minimum absolute atomic E-state index is 0.529. The van der Waals surface area contributed by atoms with Crippen molar-refractivity contribution in [2.75, 3.05) is 4.90 Å². The van der Waals surface area contributed by atoms with Crippen molar-refractivity contribution in [3.05, 3.63) is 277 Å². The summed E-state index contributed by atoms with van der Waals surface area (Å²) >= 11 is 1.89. The zero-order valence-corrected chi connectivity index (χ0v) is 37.9. The van der Waals surface area contributed by atoms with Gasteiger partial charge in [-0.15, -0.1) is 0 Å². The molecule has 1 unspecified atom stereocenters. The molecule has 1 aromatic heterocycles. The molecule has 1 aliphatic heterocycles. The Hall–Kier alpha value is -8.37. The van der Waals surface area contributed by atoms with Gasteiger partial charge in [-0.2, -0.15) is 0 Å². The first-order chi connectivity index (χ1) is 33.8. The van der Waals surface area contributed by atoms with E-state index < -0.39 is 5.41 Å². The van der Waals surface area contributed by atoms with E-state index in [2.05, 4.69) is 264 Å². The van der Waals surface area contributed by atoms with E-state index in [1.807, 2.05) is 11.8 Å². The summed E-state index contributed by atoms with van der Waals surface area (Å²) in [6.45, 7) is 0. The monoisotopic (exact) mass is 882 g/mol. The maximum atomic E-state index is 2.49. The van der Waals surface area contributed by atoms with Gasteiger partial charge >= 0.3 is 0 Å². The average molecular weight is 883 g/mol. The van der Waals surface area contributed by atoms with Crippen molar-refractivity contribution in [3.8, 4) is 39.1 Å². The van der Waals surface area contributed by atoms with E-state index in [1.54, 1.807) is 0 Å². The molecule has 1 atom stereocenters. The molecule has 0 N–H and O–H groups in total. The molecule has 0 bridgehead atoms. The lowest BCUT2D eigenvalue weighted by molar-refractivity contribution is 0.707. The maximum Gasteiger partial charge on any atom is 0.0735 e. The standard InChI is InChI=1S/C65H42N2S/c1-3-19-43(20-4-1)48-25-8-13-33-58(48)66(46-37-39-52-51-28-10-15-35-60(51)67(61(52)41-46)59-34-14-9-26-49(59)44-21-5-2-6-22-44)47-38-40-56-63(42-47)68-62-36-16-12-31-55(62)65(56)54-30-11-7-27-50(54)53-29-17-23-45-24-18-32-57(65)64(45)53/h1-42H. The SMILES string of the molecule is c1ccc(-c2ccccc2N(c2ccc3c(c2)Sc2ccccc2C32c3ccccc3-c3cccc4cccc2c34)c2ccc3c4ccccc4n(-c4ccccc4-c4ccccc4)c3c2)cc1. The zero-order valence-electron chi connectivity index (χ0n) is 37.1. The van der Waals surface area contributed by atoms with Gasteiger partial charge in [0.2, 0.25) is 0 Å². The third kappa shape index (κ3) is 5.66. The molecule has 0 radical (unpaired) electrons. The molecule has 68 heavy (non-hydrogen) atoms. The Morgan fingerprint density at radius 3 is 1.76 bits per heavy atom. The van der Waals surface area contributed by atoms with Crippen molar-refractivity contribution in [1.29, 1.82) is 0 Å². The second-order valence-electron chi connectivity index (χ2n) is 17.9. The summed E-state index contributed by atoms with van der Waals surface area (Å²) < 4.78 is 2.47. The van der Waals surface area contributed by atoms with E-state index in [1.165, 1.54) is 92.5 Å². The van der Waals surface area contributed by atoms with E-state index in [4.69, 9.17) is 0 Å². The molecule has 12 aromatic rings. The quantitative estimate of drug-likeness (QED) is 0.164. The molecule has 3 heteroatoms. The number of nitrogens with zero attached hydrogens (tertiary/aromatic N) is 2. The normalized spacial score (nSPS) is 14.5. The predicted octanol–water partition coefficient (Wildman–Crippen LogP) is 17.6. The van der Waals surface area contributed by atoms with Crippen molar-refractivity contribution in [3.63, 3.8) is 0 Å². The average Bonchev–Trinajstić information content (AvgIpc) is 3.74. The Bertz CT molecular complexity index is 3960. The van der Waals surface area contributed by atoms with Crippen LogP contribution in [0.4, 0.5) is 17.1 Å². The molecule has 0 amide bonds. The highest BCUT2D eigenvalue weighted by Gasteiger charge is 2.48. The summed E-state index contributed by atoms with van der Waals surface area (Å²) in [4.78, 5) is 5.02. The lowest BCUT2D eigenvalue weighted by Crippen LogP contribution is -2.36. The summed E-state index contributed by atoms with van der Waals surface area (Å²) in [7, 11) is 0. The van der Waals surface area contributed by atoms with E-state index in [-0.39, 0.29) is 0 Å². The summed E-state index contributed by atoms with van der Waals surface area (Å²) in [6.07, 6.45) is 0. The van der Waals surface area contributed by atoms with Crippen LogP contribution in [0.2, 0.25) is 0 Å². The van der Waals surface area contributed by atoms with Gasteiger partial charge in [0, 0.05) is 43.1 Å². The fourth-order valence-corrected chi connectivity index (χ4v) is 12.9. The van der Waals surface area contributed by atoms with E-state index in [0.29, 0.717) is 0 Å². The fourth-order valence-electron chi connectivity index (χ4n) is 11.7. The highest BCUT2D eigenvalue weighted by Crippen LogP contribution is 2.62. The molecule has 14 rings (SSSR count). The molecule has 318 valence electrons. The molecule has 2 heterocycles. The Labute approximate surface area is 400 Å². The summed E-state index contributed by atoms with van der Waals surface area (Å²) in [5.41, 5.74) is 18.9. The van der Waals surface area contributed by atoms with Gasteiger partial charge in [0.25, 0.3) is 0 Å². The van der Waals surface area contributed by atoms with Gasteiger partial charge in [-0.3, -0.25) is 0 Å². The topological polar surface area (TPSA) is 8.17 Å². The first-order valence-electron chi connectivity index (χ1n) is 23.4. The molecule has 1 aliphatic carbocycles. The zero-order chi connectivity index (χ0) is 44.8. The fraction of sp³-hybridized carbons (Fsp3) is 0.0154. The first-order valence-corrected chi connectivity index (χ1v) is 24.2. The first kappa shape index (κ1) is 38.9. The van der Waals surface area contributed by atoms with Crippen LogP contribution in [-0.4, -0.2) is 4.57 Å². The number of hydrogen-bond acceptors (Lipinski definition) is 2. The lowest BCUT2D eigenvalue weighted by atomic mass is 9.59. The smallest absolute Gasteiger partial charge is 0.0735 e. The van der Waals surface area contributed by atoms with Crippen LogP contribution >= 0.6 is 11.8 Å². The second-order valence-corrected chi connectivity index (χ2v) is 19.0. The highest BCUT2D eigenvalue weighted by atomic mass is 32.2. The Kier molecular flexibility index (Phi) is 8.77. The number of rotatable bonds is 6. The van der Waals surface area contributed by atoms with Crippen molar-refractivity contribution in [2.45, 2.75) is 15.2 Å². The van der Waals surface area contributed by atoms with E-state index >= 15 is 0 Å². The largest absolute Gasteiger partial charge is 0.310 e. The number of benzene rings is 11. The number of aromatic nitrogens is 1. The molecule has 0 fully saturated rings. The maximum absolute atomic E-state index is 2.49. The Morgan fingerprint density at radius 2 is 0.926 bits per heavy atom. The van der Waals surface area contributed by atoms with Crippen LogP contribution in [0.15, 0.2) is 265 Å². The number of fused-ring (bicyclic) bond motifs is 11. The summed E-state index contributed by atoms with van der Waals surface area (Å²) in [5.74, 6) is 0. The number of anilines is 3. The molecule has 0 saturated heterocycles. The van der Waals surface area contributed by atoms with Gasteiger partial charge in [0.1, 0.15) is 0 Å². The summed E-state index contributed by atoms with van der Waals surface area (Å²) in [5, 5.41) is 5.05. The van der Waals surface area contributed by atoms with E-state index in [0.717, 1.165) is 28.3 Å². The van der Waals surface area contributed by atoms with Gasteiger partial charge < -0.3 is 9.47 Å². The van der Waals surface area contributed by atoms with Crippen LogP contribution in [0.1, 0.15) is 22.3 Å². The molecular weight excluding hydrogens is 841 g/mol. The molecular formula is C65H42N2S. The van der Waals surface area contributed by atoms with Crippen molar-refractivity contribution in [2.24, 2.45) is 0 Å². The molecule has 0 saturated carbocycles. The highest BCUT2D eigenvalue weighted by molar-refractivity contribution is 7.99.